The van der Waals surface area contributed by atoms with Crippen LogP contribution in [0.25, 0.3) is 0 Å². The molecule has 108 valence electrons. The molecule has 1 fully saturated rings. The van der Waals surface area contributed by atoms with Crippen LogP contribution in [0.15, 0.2) is 60.7 Å². The fourth-order valence-corrected chi connectivity index (χ4v) is 3.70. The summed E-state index contributed by atoms with van der Waals surface area (Å²) in [5, 5.41) is 0. The van der Waals surface area contributed by atoms with Gasteiger partial charge < -0.3 is 0 Å². The molecule has 0 spiro atoms. The summed E-state index contributed by atoms with van der Waals surface area (Å²) in [6, 6.07) is 20.3. The summed E-state index contributed by atoms with van der Waals surface area (Å²) < 4.78 is 0. The first-order valence-corrected chi connectivity index (χ1v) is 7.71. The van der Waals surface area contributed by atoms with E-state index in [4.69, 9.17) is 0 Å². The Balaban J connectivity index is 1.93. The van der Waals surface area contributed by atoms with Crippen LogP contribution in [-0.2, 0) is 0 Å². The maximum absolute atomic E-state index is 12.9. The Labute approximate surface area is 127 Å². The summed E-state index contributed by atoms with van der Waals surface area (Å²) in [6.07, 6.45) is 2.06. The van der Waals surface area contributed by atoms with E-state index in [0.29, 0.717) is 11.7 Å². The quantitative estimate of drug-likeness (QED) is 0.715. The standard InChI is InChI=1S/C20H22O/c1-20(2)13-17(15-9-5-3-6-10-15)18(14-20)19(21)16-11-7-4-8-12-16/h3-12,17-18H,13-14H2,1-2H3/t17-,18+/m0/s1. The molecule has 21 heavy (non-hydrogen) atoms. The van der Waals surface area contributed by atoms with E-state index < -0.39 is 0 Å². The number of hydrogen-bond acceptors (Lipinski definition) is 1. The van der Waals surface area contributed by atoms with E-state index in [9.17, 15) is 4.79 Å². The molecule has 1 aliphatic carbocycles. The molecule has 0 N–H and O–H groups in total. The minimum absolute atomic E-state index is 0.102. The normalized spacial score (nSPS) is 23.9. The van der Waals surface area contributed by atoms with Crippen LogP contribution < -0.4 is 0 Å². The highest BCUT2D eigenvalue weighted by Crippen LogP contribution is 2.50. The van der Waals surface area contributed by atoms with Crippen LogP contribution in [-0.4, -0.2) is 5.78 Å². The van der Waals surface area contributed by atoms with Crippen molar-refractivity contribution in [3.63, 3.8) is 0 Å². The number of rotatable bonds is 3. The first kappa shape index (κ1) is 14.1. The molecule has 2 aromatic rings. The van der Waals surface area contributed by atoms with E-state index in [0.717, 1.165) is 18.4 Å². The zero-order valence-electron chi connectivity index (χ0n) is 12.8. The highest BCUT2D eigenvalue weighted by Gasteiger charge is 2.43. The number of Topliss-reactive ketones (excluding diaryl/α,β-unsaturated/α-hetero) is 1. The molecule has 0 unspecified atom stereocenters. The van der Waals surface area contributed by atoms with Crippen molar-refractivity contribution in [2.75, 3.05) is 0 Å². The monoisotopic (exact) mass is 278 g/mol. The molecular formula is C20H22O. The molecule has 2 aromatic carbocycles. The van der Waals surface area contributed by atoms with E-state index in [1.807, 2.05) is 36.4 Å². The van der Waals surface area contributed by atoms with Crippen LogP contribution in [0.1, 0.15) is 48.5 Å². The van der Waals surface area contributed by atoms with Crippen molar-refractivity contribution in [3.05, 3.63) is 71.8 Å². The summed E-state index contributed by atoms with van der Waals surface area (Å²) in [7, 11) is 0. The van der Waals surface area contributed by atoms with Crippen LogP contribution >= 0.6 is 0 Å². The van der Waals surface area contributed by atoms with Gasteiger partial charge in [-0.15, -0.1) is 0 Å². The van der Waals surface area contributed by atoms with Crippen molar-refractivity contribution in [2.24, 2.45) is 11.3 Å². The van der Waals surface area contributed by atoms with Gasteiger partial charge in [0.2, 0.25) is 0 Å². The van der Waals surface area contributed by atoms with Crippen LogP contribution in [0.2, 0.25) is 0 Å². The maximum atomic E-state index is 12.9. The predicted molar refractivity (Wildman–Crippen MR) is 86.5 cm³/mol. The van der Waals surface area contributed by atoms with Crippen LogP contribution in [0, 0.1) is 11.3 Å². The van der Waals surface area contributed by atoms with Crippen molar-refractivity contribution in [1.82, 2.24) is 0 Å². The Morgan fingerprint density at radius 2 is 1.48 bits per heavy atom. The molecular weight excluding hydrogens is 256 g/mol. The average Bonchev–Trinajstić information content (AvgIpc) is 2.84. The van der Waals surface area contributed by atoms with Gasteiger partial charge in [-0.05, 0) is 29.7 Å². The average molecular weight is 278 g/mol. The van der Waals surface area contributed by atoms with Crippen LogP contribution in [0.5, 0.6) is 0 Å². The van der Waals surface area contributed by atoms with Gasteiger partial charge in [-0.2, -0.15) is 0 Å². The van der Waals surface area contributed by atoms with E-state index in [2.05, 4.69) is 38.1 Å². The lowest BCUT2D eigenvalue weighted by atomic mass is 9.84. The Kier molecular flexibility index (Phi) is 3.67. The van der Waals surface area contributed by atoms with Gasteiger partial charge in [0.25, 0.3) is 0 Å². The van der Waals surface area contributed by atoms with Gasteiger partial charge in [0, 0.05) is 11.5 Å². The van der Waals surface area contributed by atoms with Crippen molar-refractivity contribution >= 4 is 5.78 Å². The predicted octanol–water partition coefficient (Wildman–Crippen LogP) is 5.09. The maximum Gasteiger partial charge on any atom is 0.166 e. The van der Waals surface area contributed by atoms with E-state index in [1.165, 1.54) is 5.56 Å². The number of carbonyl (C=O) groups excluding carboxylic acids is 1. The lowest BCUT2D eigenvalue weighted by Gasteiger charge is -2.19. The zero-order valence-corrected chi connectivity index (χ0v) is 12.8. The molecule has 0 amide bonds. The first-order valence-electron chi connectivity index (χ1n) is 7.71. The second-order valence-corrected chi connectivity index (χ2v) is 6.93. The van der Waals surface area contributed by atoms with Gasteiger partial charge in [0.05, 0.1) is 0 Å². The highest BCUT2D eigenvalue weighted by molar-refractivity contribution is 5.98. The summed E-state index contributed by atoms with van der Waals surface area (Å²) in [5.41, 5.74) is 2.38. The number of hydrogen-bond donors (Lipinski definition) is 0. The summed E-state index contributed by atoms with van der Waals surface area (Å²) >= 11 is 0. The second kappa shape index (κ2) is 5.48. The molecule has 0 aliphatic heterocycles. The Morgan fingerprint density at radius 3 is 2.10 bits per heavy atom. The fraction of sp³-hybridized carbons (Fsp3) is 0.350. The molecule has 0 bridgehead atoms. The van der Waals surface area contributed by atoms with Gasteiger partial charge in [-0.3, -0.25) is 4.79 Å². The largest absolute Gasteiger partial charge is 0.294 e. The molecule has 0 heterocycles. The number of ketones is 1. The molecule has 1 aliphatic rings. The van der Waals surface area contributed by atoms with Crippen molar-refractivity contribution in [2.45, 2.75) is 32.6 Å². The lowest BCUT2D eigenvalue weighted by molar-refractivity contribution is 0.0905. The molecule has 0 saturated heterocycles. The van der Waals surface area contributed by atoms with E-state index in [1.54, 1.807) is 0 Å². The SMILES string of the molecule is CC1(C)C[C@@H](C(=O)c2ccccc2)[C@H](c2ccccc2)C1. The highest BCUT2D eigenvalue weighted by atomic mass is 16.1. The van der Waals surface area contributed by atoms with Crippen LogP contribution in [0.4, 0.5) is 0 Å². The molecule has 1 nitrogen and oxygen atoms in total. The summed E-state index contributed by atoms with van der Waals surface area (Å²) in [6.45, 7) is 4.56. The summed E-state index contributed by atoms with van der Waals surface area (Å²) in [4.78, 5) is 12.9. The second-order valence-electron chi connectivity index (χ2n) is 6.93. The fourth-order valence-electron chi connectivity index (χ4n) is 3.70. The molecule has 1 saturated carbocycles. The molecule has 1 heteroatoms. The molecule has 0 radical (unpaired) electrons. The minimum Gasteiger partial charge on any atom is -0.294 e. The van der Waals surface area contributed by atoms with Gasteiger partial charge in [0.15, 0.2) is 5.78 Å². The van der Waals surface area contributed by atoms with E-state index in [-0.39, 0.29) is 11.3 Å². The third-order valence-electron chi connectivity index (χ3n) is 4.65. The summed E-state index contributed by atoms with van der Waals surface area (Å²) in [5.74, 6) is 0.744. The topological polar surface area (TPSA) is 17.1 Å². The third kappa shape index (κ3) is 2.92. The zero-order chi connectivity index (χ0) is 14.9. The van der Waals surface area contributed by atoms with Crippen LogP contribution in [0.3, 0.4) is 0 Å². The van der Waals surface area contributed by atoms with Crippen molar-refractivity contribution in [1.29, 1.82) is 0 Å². The molecule has 3 rings (SSSR count). The number of carbonyl (C=O) groups is 1. The Bertz CT molecular complexity index is 613. The van der Waals surface area contributed by atoms with E-state index >= 15 is 0 Å². The Hall–Kier alpha value is -1.89. The Morgan fingerprint density at radius 1 is 0.905 bits per heavy atom. The minimum atomic E-state index is 0.102. The lowest BCUT2D eigenvalue weighted by Crippen LogP contribution is -2.18. The number of benzene rings is 2. The van der Waals surface area contributed by atoms with Gasteiger partial charge >= 0.3 is 0 Å². The van der Waals surface area contributed by atoms with Crippen molar-refractivity contribution < 1.29 is 4.79 Å². The third-order valence-corrected chi connectivity index (χ3v) is 4.65. The molecule has 2 atom stereocenters. The smallest absolute Gasteiger partial charge is 0.166 e. The first-order chi connectivity index (χ1) is 10.1. The van der Waals surface area contributed by atoms with Gasteiger partial charge in [-0.1, -0.05) is 74.5 Å². The van der Waals surface area contributed by atoms with Gasteiger partial charge in [0.1, 0.15) is 0 Å². The molecule has 0 aromatic heterocycles. The van der Waals surface area contributed by atoms with Gasteiger partial charge in [-0.25, -0.2) is 0 Å². The van der Waals surface area contributed by atoms with Crippen molar-refractivity contribution in [3.8, 4) is 0 Å².